The van der Waals surface area contributed by atoms with Gasteiger partial charge in [0.1, 0.15) is 6.54 Å². The number of halogens is 2. The van der Waals surface area contributed by atoms with E-state index in [-0.39, 0.29) is 6.42 Å². The standard InChI is InChI=1S/C15H12Cl2O2.C14H24N/c16-13-6-3-7-14(17)12(13)8-10-4-1-2-5-11(10)9-15(18)19;1-3-4-5-6-7-8-11-15-12-9-10-14(2)13-15/h1-7H,8-9H2,(H,18,19);9-10,12-13H,3-8,11H2,1-2H3/q;+1. The third-order valence-electron chi connectivity index (χ3n) is 5.66. The van der Waals surface area contributed by atoms with Crippen molar-refractivity contribution in [1.82, 2.24) is 0 Å². The molecular formula is C29H36Cl2NO2+. The minimum Gasteiger partial charge on any atom is -0.481 e. The highest BCUT2D eigenvalue weighted by Crippen LogP contribution is 2.28. The molecule has 0 aliphatic rings. The van der Waals surface area contributed by atoms with Crippen LogP contribution in [0.3, 0.4) is 0 Å². The Bertz CT molecular complexity index is 1020. The SMILES string of the molecule is CCCCCCCC[n+]1cccc(C)c1.O=C(O)Cc1ccccc1Cc1c(Cl)cccc1Cl. The van der Waals surface area contributed by atoms with E-state index in [9.17, 15) is 4.79 Å². The highest BCUT2D eigenvalue weighted by Gasteiger charge is 2.11. The number of carboxylic acids is 1. The van der Waals surface area contributed by atoms with Crippen LogP contribution in [0.5, 0.6) is 0 Å². The van der Waals surface area contributed by atoms with Crippen LogP contribution in [0.25, 0.3) is 0 Å². The Kier molecular flexibility index (Phi) is 12.7. The summed E-state index contributed by atoms with van der Waals surface area (Å²) in [5, 5.41) is 10.1. The van der Waals surface area contributed by atoms with Crippen LogP contribution in [-0.4, -0.2) is 11.1 Å². The molecule has 1 heterocycles. The van der Waals surface area contributed by atoms with Crippen molar-refractivity contribution in [2.24, 2.45) is 0 Å². The molecule has 3 aromatic rings. The minimum absolute atomic E-state index is 0.00174. The molecule has 182 valence electrons. The monoisotopic (exact) mass is 500 g/mol. The first-order chi connectivity index (χ1) is 16.4. The van der Waals surface area contributed by atoms with Gasteiger partial charge in [0.2, 0.25) is 0 Å². The first-order valence-corrected chi connectivity index (χ1v) is 12.8. The summed E-state index contributed by atoms with van der Waals surface area (Å²) in [6, 6.07) is 17.1. The van der Waals surface area contributed by atoms with Gasteiger partial charge in [-0.05, 0) is 48.2 Å². The van der Waals surface area contributed by atoms with Crippen LogP contribution in [0.15, 0.2) is 67.0 Å². The summed E-state index contributed by atoms with van der Waals surface area (Å²) in [6.07, 6.45) is 13.2. The van der Waals surface area contributed by atoms with Crippen molar-refractivity contribution in [3.63, 3.8) is 0 Å². The second-order valence-electron chi connectivity index (χ2n) is 8.60. The van der Waals surface area contributed by atoms with Gasteiger partial charge in [-0.25, -0.2) is 4.57 Å². The highest BCUT2D eigenvalue weighted by atomic mass is 35.5. The number of aryl methyl sites for hydroxylation is 2. The van der Waals surface area contributed by atoms with E-state index in [0.717, 1.165) is 16.7 Å². The van der Waals surface area contributed by atoms with E-state index in [1.165, 1.54) is 50.6 Å². The van der Waals surface area contributed by atoms with Crippen molar-refractivity contribution in [1.29, 1.82) is 0 Å². The number of unbranched alkanes of at least 4 members (excludes halogenated alkanes) is 5. The van der Waals surface area contributed by atoms with E-state index >= 15 is 0 Å². The van der Waals surface area contributed by atoms with Gasteiger partial charge in [-0.15, -0.1) is 0 Å². The number of aliphatic carboxylic acids is 1. The molecule has 0 unspecified atom stereocenters. The Balaban J connectivity index is 0.000000248. The van der Waals surface area contributed by atoms with Gasteiger partial charge in [0.25, 0.3) is 0 Å². The van der Waals surface area contributed by atoms with Gasteiger partial charge in [-0.2, -0.15) is 0 Å². The topological polar surface area (TPSA) is 41.2 Å². The van der Waals surface area contributed by atoms with E-state index in [4.69, 9.17) is 28.3 Å². The van der Waals surface area contributed by atoms with Crippen molar-refractivity contribution in [2.75, 3.05) is 0 Å². The second kappa shape index (κ2) is 15.5. The summed E-state index contributed by atoms with van der Waals surface area (Å²) in [7, 11) is 0. The molecule has 0 aliphatic heterocycles. The molecule has 3 rings (SSSR count). The number of hydrogen-bond donors (Lipinski definition) is 1. The quantitative estimate of drug-likeness (QED) is 0.215. The maximum absolute atomic E-state index is 10.9. The molecule has 0 saturated heterocycles. The molecule has 34 heavy (non-hydrogen) atoms. The molecule has 0 spiro atoms. The van der Waals surface area contributed by atoms with Crippen LogP contribution in [0, 0.1) is 6.92 Å². The predicted octanol–water partition coefficient (Wildman–Crippen LogP) is 7.85. The first kappa shape index (κ1) is 27.9. The zero-order valence-electron chi connectivity index (χ0n) is 20.3. The fourth-order valence-corrected chi connectivity index (χ4v) is 4.35. The number of carboxylic acid groups (broad SMARTS) is 1. The Hall–Kier alpha value is -2.36. The lowest BCUT2D eigenvalue weighted by Crippen LogP contribution is -2.32. The van der Waals surface area contributed by atoms with Gasteiger partial charge in [0, 0.05) is 34.5 Å². The number of nitrogens with zero attached hydrogens (tertiary/aromatic N) is 1. The zero-order valence-corrected chi connectivity index (χ0v) is 21.8. The van der Waals surface area contributed by atoms with Gasteiger partial charge in [-0.3, -0.25) is 4.79 Å². The predicted molar refractivity (Wildman–Crippen MR) is 142 cm³/mol. The molecule has 0 saturated carbocycles. The summed E-state index contributed by atoms with van der Waals surface area (Å²) >= 11 is 12.3. The van der Waals surface area contributed by atoms with Crippen molar-refractivity contribution in [3.05, 3.63) is 99.3 Å². The first-order valence-electron chi connectivity index (χ1n) is 12.1. The van der Waals surface area contributed by atoms with Gasteiger partial charge < -0.3 is 5.11 Å². The fourth-order valence-electron chi connectivity index (χ4n) is 3.82. The number of aromatic nitrogens is 1. The van der Waals surface area contributed by atoms with Crippen LogP contribution in [-0.2, 0) is 24.2 Å². The summed E-state index contributed by atoms with van der Waals surface area (Å²) in [6.45, 7) is 5.59. The van der Waals surface area contributed by atoms with Crippen molar-refractivity contribution in [2.45, 2.75) is 71.8 Å². The van der Waals surface area contributed by atoms with Crippen LogP contribution in [0.2, 0.25) is 10.0 Å². The third kappa shape index (κ3) is 10.3. The van der Waals surface area contributed by atoms with E-state index in [0.29, 0.717) is 16.5 Å². The molecule has 0 atom stereocenters. The molecule has 0 radical (unpaired) electrons. The number of rotatable bonds is 11. The average Bonchev–Trinajstić information content (AvgIpc) is 2.80. The third-order valence-corrected chi connectivity index (χ3v) is 6.37. The normalized spacial score (nSPS) is 10.5. The zero-order chi connectivity index (χ0) is 24.8. The van der Waals surface area contributed by atoms with E-state index in [2.05, 4.69) is 42.9 Å². The Morgan fingerprint density at radius 3 is 2.15 bits per heavy atom. The van der Waals surface area contributed by atoms with Gasteiger partial charge in [0.15, 0.2) is 12.4 Å². The molecular weight excluding hydrogens is 465 g/mol. The highest BCUT2D eigenvalue weighted by molar-refractivity contribution is 6.36. The van der Waals surface area contributed by atoms with Crippen LogP contribution >= 0.6 is 23.2 Å². The summed E-state index contributed by atoms with van der Waals surface area (Å²) < 4.78 is 2.30. The Labute approximate surface area is 214 Å². The molecule has 5 heteroatoms. The molecule has 1 aromatic heterocycles. The molecule has 0 amide bonds. The van der Waals surface area contributed by atoms with Gasteiger partial charge in [-0.1, -0.05) is 86.1 Å². The lowest BCUT2D eigenvalue weighted by atomic mass is 9.98. The molecule has 2 aromatic carbocycles. The van der Waals surface area contributed by atoms with Crippen molar-refractivity contribution in [3.8, 4) is 0 Å². The van der Waals surface area contributed by atoms with Gasteiger partial charge >= 0.3 is 5.97 Å². The average molecular weight is 502 g/mol. The number of pyridine rings is 1. The number of carbonyl (C=O) groups is 1. The second-order valence-corrected chi connectivity index (χ2v) is 9.42. The molecule has 0 bridgehead atoms. The van der Waals surface area contributed by atoms with E-state index < -0.39 is 5.97 Å². The lowest BCUT2D eigenvalue weighted by Gasteiger charge is -2.10. The molecule has 1 N–H and O–H groups in total. The van der Waals surface area contributed by atoms with Crippen molar-refractivity contribution >= 4 is 29.2 Å². The molecule has 3 nitrogen and oxygen atoms in total. The number of hydrogen-bond acceptors (Lipinski definition) is 1. The largest absolute Gasteiger partial charge is 0.481 e. The van der Waals surface area contributed by atoms with Crippen LogP contribution in [0.4, 0.5) is 0 Å². The fraction of sp³-hybridized carbons (Fsp3) is 0.379. The Morgan fingerprint density at radius 1 is 0.853 bits per heavy atom. The summed E-state index contributed by atoms with van der Waals surface area (Å²) in [5.41, 5.74) is 3.89. The molecule has 0 fully saturated rings. The maximum Gasteiger partial charge on any atom is 0.307 e. The summed E-state index contributed by atoms with van der Waals surface area (Å²) in [4.78, 5) is 10.9. The lowest BCUT2D eigenvalue weighted by molar-refractivity contribution is -0.697. The van der Waals surface area contributed by atoms with Gasteiger partial charge in [0.05, 0.1) is 6.42 Å². The van der Waals surface area contributed by atoms with Crippen LogP contribution in [0.1, 0.15) is 67.7 Å². The smallest absolute Gasteiger partial charge is 0.307 e. The minimum atomic E-state index is -0.849. The van der Waals surface area contributed by atoms with E-state index in [1.54, 1.807) is 18.2 Å². The maximum atomic E-state index is 10.9. The van der Waals surface area contributed by atoms with Crippen molar-refractivity contribution < 1.29 is 14.5 Å². The summed E-state index contributed by atoms with van der Waals surface area (Å²) in [5.74, 6) is -0.849. The number of benzene rings is 2. The molecule has 0 aliphatic carbocycles. The van der Waals surface area contributed by atoms with Crippen LogP contribution < -0.4 is 4.57 Å². The Morgan fingerprint density at radius 2 is 1.50 bits per heavy atom. The van der Waals surface area contributed by atoms with E-state index in [1.807, 2.05) is 24.3 Å².